The molecular formula is C18H9ClF8N2O4. The van der Waals surface area contributed by atoms with Crippen molar-refractivity contribution < 1.29 is 54.5 Å². The minimum absolute atomic E-state index is 0.274. The number of alkyl halides is 5. The summed E-state index contributed by atoms with van der Waals surface area (Å²) in [5, 5.41) is 21.5. The summed E-state index contributed by atoms with van der Waals surface area (Å²) in [7, 11) is 0.832. The molecule has 0 bridgehead atoms. The first-order valence-electron chi connectivity index (χ1n) is 7.75. The molecule has 0 aliphatic carbocycles. The van der Waals surface area contributed by atoms with Gasteiger partial charge in [-0.25, -0.2) is 22.4 Å². The van der Waals surface area contributed by atoms with Gasteiger partial charge >= 0.3 is 18.0 Å². The van der Waals surface area contributed by atoms with Crippen molar-refractivity contribution in [2.24, 2.45) is 0 Å². The maximum Gasteiger partial charge on any atom is 0.417 e. The number of nitrogens with zero attached hydrogens (tertiary/aromatic N) is 2. The molecule has 0 radical (unpaired) electrons. The molecule has 178 valence electrons. The fourth-order valence-electron chi connectivity index (χ4n) is 1.55. The molecule has 1 N–H and O–H groups in total. The molecule has 0 atom stereocenters. The van der Waals surface area contributed by atoms with E-state index in [1.54, 1.807) is 0 Å². The summed E-state index contributed by atoms with van der Waals surface area (Å²) in [6.45, 7) is -3.19. The molecule has 2 rings (SSSR count). The molecular weight excluding hydrogens is 496 g/mol. The molecule has 0 unspecified atom stereocenters. The van der Waals surface area contributed by atoms with Gasteiger partial charge in [0.2, 0.25) is 0 Å². The van der Waals surface area contributed by atoms with Crippen LogP contribution in [-0.2, 0) is 9.53 Å². The van der Waals surface area contributed by atoms with Crippen LogP contribution in [0.3, 0.4) is 0 Å². The maximum absolute atomic E-state index is 12.5. The molecule has 0 saturated carbocycles. The highest BCUT2D eigenvalue weighted by Crippen LogP contribution is 2.23. The van der Waals surface area contributed by atoms with E-state index in [9.17, 15) is 39.9 Å². The van der Waals surface area contributed by atoms with Crippen molar-refractivity contribution in [3.63, 3.8) is 0 Å². The number of carbonyl (C=O) groups excluding carboxylic acids is 1. The van der Waals surface area contributed by atoms with E-state index in [0.717, 1.165) is 7.11 Å². The van der Waals surface area contributed by atoms with Crippen molar-refractivity contribution in [2.45, 2.75) is 12.0 Å². The first kappa shape index (κ1) is 29.2. The summed E-state index contributed by atoms with van der Waals surface area (Å²) in [6, 6.07) is 5.01. The second-order valence-corrected chi connectivity index (χ2v) is 5.61. The third-order valence-corrected chi connectivity index (χ3v) is 3.09. The van der Waals surface area contributed by atoms with E-state index in [2.05, 4.69) is 21.1 Å². The smallest absolute Gasteiger partial charge is 0.417 e. The van der Waals surface area contributed by atoms with Gasteiger partial charge in [0, 0.05) is 12.1 Å². The summed E-state index contributed by atoms with van der Waals surface area (Å²) >= 11 is 4.18. The Hall–Kier alpha value is -3.78. The lowest BCUT2D eigenvalue weighted by Crippen LogP contribution is -2.22. The number of phenols is 1. The molecule has 15 heteroatoms. The zero-order chi connectivity index (χ0) is 25.9. The van der Waals surface area contributed by atoms with E-state index in [1.807, 2.05) is 0 Å². The van der Waals surface area contributed by atoms with Crippen LogP contribution in [0.25, 0.3) is 0 Å². The van der Waals surface area contributed by atoms with Gasteiger partial charge in [-0.15, -0.1) is 0 Å². The Morgan fingerprint density at radius 1 is 0.970 bits per heavy atom. The zero-order valence-corrected chi connectivity index (χ0v) is 16.6. The maximum atomic E-state index is 12.5. The third kappa shape index (κ3) is 9.92. The van der Waals surface area contributed by atoms with Crippen LogP contribution in [0.15, 0.2) is 24.3 Å². The predicted molar refractivity (Wildman–Crippen MR) is 93.3 cm³/mol. The lowest BCUT2D eigenvalue weighted by Gasteiger charge is -2.06. The average Bonchev–Trinajstić information content (AvgIpc) is 2.72. The van der Waals surface area contributed by atoms with Gasteiger partial charge in [-0.1, -0.05) is 0 Å². The number of carbonyl (C=O) groups is 1. The molecule has 2 aromatic carbocycles. The highest BCUT2D eigenvalue weighted by atomic mass is 35.5. The van der Waals surface area contributed by atoms with Crippen LogP contribution < -0.4 is 4.74 Å². The topological polar surface area (TPSA) is 103 Å². The van der Waals surface area contributed by atoms with Crippen molar-refractivity contribution in [1.29, 1.82) is 10.5 Å². The van der Waals surface area contributed by atoms with Gasteiger partial charge in [0.25, 0.3) is 0 Å². The molecule has 0 saturated heterocycles. The Kier molecular flexibility index (Phi) is 11.4. The molecule has 0 fully saturated rings. The van der Waals surface area contributed by atoms with Gasteiger partial charge in [0.15, 0.2) is 23.3 Å². The first-order chi connectivity index (χ1) is 15.2. The number of methoxy groups -OCH3 is 1. The number of nitriles is 2. The van der Waals surface area contributed by atoms with E-state index in [-0.39, 0.29) is 5.56 Å². The van der Waals surface area contributed by atoms with E-state index < -0.39 is 58.3 Å². The average molecular weight is 505 g/mol. The van der Waals surface area contributed by atoms with Crippen LogP contribution in [-0.4, -0.2) is 30.2 Å². The van der Waals surface area contributed by atoms with Crippen molar-refractivity contribution in [1.82, 2.24) is 0 Å². The Morgan fingerprint density at radius 2 is 1.39 bits per heavy atom. The highest BCUT2D eigenvalue weighted by Gasteiger charge is 2.36. The van der Waals surface area contributed by atoms with Gasteiger partial charge in [0.1, 0.15) is 23.6 Å². The molecule has 2 aromatic rings. The second-order valence-electron chi connectivity index (χ2n) is 5.14. The summed E-state index contributed by atoms with van der Waals surface area (Å²) in [5.41, 5.74) is -0.756. The summed E-state index contributed by atoms with van der Waals surface area (Å²) in [4.78, 5) is 9.73. The quantitative estimate of drug-likeness (QED) is 0.360. The molecule has 6 nitrogen and oxygen atoms in total. The lowest BCUT2D eigenvalue weighted by atomic mass is 10.2. The number of hydrogen-bond donors (Lipinski definition) is 1. The van der Waals surface area contributed by atoms with E-state index >= 15 is 0 Å². The molecule has 0 amide bonds. The van der Waals surface area contributed by atoms with E-state index in [4.69, 9.17) is 15.6 Å². The molecule has 0 heterocycles. The van der Waals surface area contributed by atoms with Crippen molar-refractivity contribution in [2.75, 3.05) is 7.11 Å². The molecule has 0 aliphatic heterocycles. The van der Waals surface area contributed by atoms with E-state index in [1.165, 1.54) is 12.1 Å². The van der Waals surface area contributed by atoms with E-state index in [0.29, 0.717) is 24.3 Å². The normalized spacial score (nSPS) is 9.97. The summed E-state index contributed by atoms with van der Waals surface area (Å²) in [6.07, 6.45) is 0. The highest BCUT2D eigenvalue weighted by molar-refractivity contribution is 6.31. The van der Waals surface area contributed by atoms with Gasteiger partial charge in [-0.3, -0.25) is 0 Å². The number of ether oxygens (including phenoxy) is 2. The van der Waals surface area contributed by atoms with Crippen LogP contribution >= 0.6 is 11.6 Å². The second kappa shape index (κ2) is 12.9. The van der Waals surface area contributed by atoms with Crippen molar-refractivity contribution in [3.8, 4) is 23.6 Å². The Morgan fingerprint density at radius 3 is 1.76 bits per heavy atom. The number of benzene rings is 2. The van der Waals surface area contributed by atoms with Gasteiger partial charge in [0.05, 0.1) is 18.2 Å². The minimum atomic E-state index is -3.88. The summed E-state index contributed by atoms with van der Waals surface area (Å²) < 4.78 is 103. The number of halogens is 9. The van der Waals surface area contributed by atoms with Crippen LogP contribution in [0, 0.1) is 45.9 Å². The number of rotatable bonds is 3. The molecule has 0 aromatic heterocycles. The van der Waals surface area contributed by atoms with Gasteiger partial charge < -0.3 is 14.6 Å². The van der Waals surface area contributed by atoms with Crippen molar-refractivity contribution >= 4 is 17.6 Å². The molecule has 0 spiro atoms. The van der Waals surface area contributed by atoms with Crippen LogP contribution in [0.4, 0.5) is 35.1 Å². The Labute approximate surface area is 184 Å². The van der Waals surface area contributed by atoms with Crippen LogP contribution in [0.1, 0.15) is 11.1 Å². The van der Waals surface area contributed by atoms with Crippen molar-refractivity contribution in [3.05, 3.63) is 58.7 Å². The number of phenolic OH excluding ortho intramolecular Hbond substituents is 1. The first-order valence-corrected chi connectivity index (χ1v) is 8.12. The largest absolute Gasteiger partial charge is 0.506 e. The molecule has 0 aliphatic rings. The fourth-order valence-corrected chi connectivity index (χ4v) is 1.63. The SMILES string of the molecule is COC(=O)C(F)(F)Cl.N#Cc1cc(F)c(F)cc1O.N#Cc1cc(F)c(F)cc1OC(F)F. The predicted octanol–water partition coefficient (Wildman–Crippen LogP) is 4.97. The zero-order valence-electron chi connectivity index (χ0n) is 15.9. The minimum Gasteiger partial charge on any atom is -0.506 e. The number of aromatic hydroxyl groups is 1. The van der Waals surface area contributed by atoms with Gasteiger partial charge in [-0.05, 0) is 23.7 Å². The van der Waals surface area contributed by atoms with Gasteiger partial charge in [-0.2, -0.15) is 28.1 Å². The Balaban J connectivity index is 0.000000485. The number of hydrogen-bond acceptors (Lipinski definition) is 6. The number of esters is 1. The van der Waals surface area contributed by atoms with Crippen LogP contribution in [0.2, 0.25) is 0 Å². The Bertz CT molecular complexity index is 1070. The third-order valence-electron chi connectivity index (χ3n) is 2.93. The van der Waals surface area contributed by atoms with Crippen LogP contribution in [0.5, 0.6) is 11.5 Å². The lowest BCUT2D eigenvalue weighted by molar-refractivity contribution is -0.157. The monoisotopic (exact) mass is 504 g/mol. The standard InChI is InChI=1S/C8H3F4NO.C7H3F2NO.C3H3ClF2O2/c9-5-1-4(3-13)7(2-6(5)10)14-8(11)12;8-5-1-4(3-10)7(11)2-6(5)9;1-8-2(7)3(4,5)6/h1-2,8H;1-2,11H;1H3. The molecule has 33 heavy (non-hydrogen) atoms. The summed E-state index contributed by atoms with van der Waals surface area (Å²) in [5.74, 6) is -7.91. The fraction of sp³-hybridized carbons (Fsp3) is 0.167.